The third kappa shape index (κ3) is 3.69. The summed E-state index contributed by atoms with van der Waals surface area (Å²) in [5.74, 6) is -0.0421. The van der Waals surface area contributed by atoms with Crippen LogP contribution in [0, 0.1) is 5.92 Å². The summed E-state index contributed by atoms with van der Waals surface area (Å²) in [6, 6.07) is 5.81. The van der Waals surface area contributed by atoms with Gasteiger partial charge in [-0.05, 0) is 37.1 Å². The molecule has 0 heterocycles. The van der Waals surface area contributed by atoms with Crippen LogP contribution in [-0.2, 0) is 0 Å². The maximum absolute atomic E-state index is 11.5. The second-order valence-corrected chi connectivity index (χ2v) is 7.34. The Kier molecular flexibility index (Phi) is 5.22. The van der Waals surface area contributed by atoms with Gasteiger partial charge in [-0.15, -0.1) is 23.5 Å². The van der Waals surface area contributed by atoms with Crippen molar-refractivity contribution in [1.29, 1.82) is 0 Å². The first-order valence-corrected chi connectivity index (χ1v) is 8.79. The predicted molar refractivity (Wildman–Crippen MR) is 82.5 cm³/mol. The van der Waals surface area contributed by atoms with Gasteiger partial charge in [-0.25, -0.2) is 4.79 Å². The number of hydrogen-bond donors (Lipinski definition) is 1. The van der Waals surface area contributed by atoms with Crippen LogP contribution < -0.4 is 0 Å². The molecule has 0 aliphatic heterocycles. The van der Waals surface area contributed by atoms with E-state index in [1.807, 2.05) is 24.5 Å². The number of carboxylic acid groups (broad SMARTS) is 1. The highest BCUT2D eigenvalue weighted by Gasteiger charge is 2.23. The molecular formula is C15H20O2S2. The van der Waals surface area contributed by atoms with E-state index in [1.54, 1.807) is 11.8 Å². The highest BCUT2D eigenvalue weighted by Crippen LogP contribution is 2.39. The van der Waals surface area contributed by atoms with Gasteiger partial charge in [0.25, 0.3) is 0 Å². The van der Waals surface area contributed by atoms with Crippen LogP contribution in [0.1, 0.15) is 43.0 Å². The van der Waals surface area contributed by atoms with Crippen LogP contribution >= 0.6 is 23.5 Å². The van der Waals surface area contributed by atoms with E-state index in [9.17, 15) is 9.90 Å². The molecule has 0 saturated heterocycles. The number of aromatic carboxylic acids is 1. The third-order valence-corrected chi connectivity index (χ3v) is 5.74. The highest BCUT2D eigenvalue weighted by atomic mass is 32.2. The molecule has 0 radical (unpaired) electrons. The van der Waals surface area contributed by atoms with Gasteiger partial charge in [-0.2, -0.15) is 0 Å². The zero-order valence-electron chi connectivity index (χ0n) is 11.4. The minimum absolute atomic E-state index is 0.484. The largest absolute Gasteiger partial charge is 0.478 e. The molecule has 2 rings (SSSR count). The van der Waals surface area contributed by atoms with Crippen molar-refractivity contribution >= 4 is 29.5 Å². The van der Waals surface area contributed by atoms with Gasteiger partial charge in [-0.3, -0.25) is 0 Å². The average Bonchev–Trinajstić information content (AvgIpc) is 2.38. The zero-order valence-corrected chi connectivity index (χ0v) is 13.0. The van der Waals surface area contributed by atoms with Gasteiger partial charge in [0.15, 0.2) is 0 Å². The Balaban J connectivity index is 2.21. The lowest BCUT2D eigenvalue weighted by Crippen LogP contribution is -2.15. The first-order valence-electron chi connectivity index (χ1n) is 6.68. The summed E-state index contributed by atoms with van der Waals surface area (Å²) in [5, 5.41) is 10.0. The lowest BCUT2D eigenvalue weighted by Gasteiger charge is -2.26. The van der Waals surface area contributed by atoms with E-state index in [-0.39, 0.29) is 0 Å². The Hall–Kier alpha value is -0.610. The highest BCUT2D eigenvalue weighted by molar-refractivity contribution is 8.00. The van der Waals surface area contributed by atoms with Gasteiger partial charge in [0.2, 0.25) is 0 Å². The number of carbonyl (C=O) groups is 1. The number of thioether (sulfide) groups is 2. The summed E-state index contributed by atoms with van der Waals surface area (Å²) < 4.78 is 0. The normalized spacial score (nSPS) is 23.3. The quantitative estimate of drug-likeness (QED) is 0.812. The molecule has 19 heavy (non-hydrogen) atoms. The summed E-state index contributed by atoms with van der Waals surface area (Å²) >= 11 is 3.26. The van der Waals surface area contributed by atoms with Crippen molar-refractivity contribution < 1.29 is 9.90 Å². The van der Waals surface area contributed by atoms with Crippen molar-refractivity contribution in [1.82, 2.24) is 0 Å². The fourth-order valence-corrected chi connectivity index (χ4v) is 4.88. The van der Waals surface area contributed by atoms with E-state index < -0.39 is 5.97 Å². The van der Waals surface area contributed by atoms with Gasteiger partial charge in [0.1, 0.15) is 0 Å². The molecule has 0 amide bonds. The Morgan fingerprint density at radius 1 is 1.32 bits per heavy atom. The maximum Gasteiger partial charge on any atom is 0.337 e. The smallest absolute Gasteiger partial charge is 0.337 e. The Morgan fingerprint density at radius 2 is 2.05 bits per heavy atom. The molecular weight excluding hydrogens is 276 g/mol. The van der Waals surface area contributed by atoms with E-state index in [2.05, 4.69) is 6.92 Å². The molecule has 2 nitrogen and oxygen atoms in total. The third-order valence-electron chi connectivity index (χ3n) is 3.60. The molecule has 1 N–H and O–H groups in total. The molecule has 1 saturated carbocycles. The predicted octanol–water partition coefficient (Wildman–Crippen LogP) is 4.78. The summed E-state index contributed by atoms with van der Waals surface area (Å²) in [6.45, 7) is 2.29. The Morgan fingerprint density at radius 3 is 2.68 bits per heavy atom. The zero-order chi connectivity index (χ0) is 13.8. The number of carboxylic acids is 1. The second-order valence-electron chi connectivity index (χ2n) is 5.15. The second kappa shape index (κ2) is 6.71. The van der Waals surface area contributed by atoms with Gasteiger partial charge in [0.05, 0.1) is 5.56 Å². The van der Waals surface area contributed by atoms with E-state index >= 15 is 0 Å². The molecule has 1 aliphatic rings. The molecule has 4 heteroatoms. The van der Waals surface area contributed by atoms with Crippen molar-refractivity contribution in [2.45, 2.75) is 47.6 Å². The number of rotatable bonds is 4. The fourth-order valence-electron chi connectivity index (χ4n) is 2.66. The topological polar surface area (TPSA) is 37.3 Å². The minimum Gasteiger partial charge on any atom is -0.478 e. The lowest BCUT2D eigenvalue weighted by atomic mass is 9.91. The van der Waals surface area contributed by atoms with Gasteiger partial charge in [-0.1, -0.05) is 25.8 Å². The fraction of sp³-hybridized carbons (Fsp3) is 0.533. The Bertz CT molecular complexity index is 459. The van der Waals surface area contributed by atoms with E-state index in [0.29, 0.717) is 10.8 Å². The number of benzene rings is 1. The van der Waals surface area contributed by atoms with Crippen molar-refractivity contribution in [3.63, 3.8) is 0 Å². The van der Waals surface area contributed by atoms with Crippen LogP contribution in [0.5, 0.6) is 0 Å². The standard InChI is InChI=1S/C15H20O2S2/c1-10-5-3-6-11(9-10)19-13-8-4-7-12(18-2)14(13)15(16)17/h4,7-8,10-11H,3,5-6,9H2,1-2H3,(H,16,17). The van der Waals surface area contributed by atoms with Crippen LogP contribution in [0.3, 0.4) is 0 Å². The molecule has 1 aliphatic carbocycles. The molecule has 1 aromatic carbocycles. The van der Waals surface area contributed by atoms with Gasteiger partial charge < -0.3 is 5.11 Å². The van der Waals surface area contributed by atoms with Gasteiger partial charge >= 0.3 is 5.97 Å². The summed E-state index contributed by atoms with van der Waals surface area (Å²) in [5.41, 5.74) is 0.484. The van der Waals surface area contributed by atoms with Crippen LogP contribution in [0.2, 0.25) is 0 Å². The molecule has 1 aromatic rings. The molecule has 2 atom stereocenters. The first kappa shape index (κ1) is 14.8. The van der Waals surface area contributed by atoms with Crippen LogP contribution in [0.4, 0.5) is 0 Å². The summed E-state index contributed by atoms with van der Waals surface area (Å²) in [7, 11) is 0. The molecule has 2 unspecified atom stereocenters. The van der Waals surface area contributed by atoms with E-state index in [1.165, 1.54) is 37.4 Å². The van der Waals surface area contributed by atoms with Crippen LogP contribution in [0.15, 0.2) is 28.0 Å². The Labute approximate surface area is 123 Å². The molecule has 0 bridgehead atoms. The van der Waals surface area contributed by atoms with Crippen molar-refractivity contribution in [3.05, 3.63) is 23.8 Å². The summed E-state index contributed by atoms with van der Waals surface area (Å²) in [4.78, 5) is 13.3. The van der Waals surface area contributed by atoms with E-state index in [0.717, 1.165) is 15.7 Å². The summed E-state index contributed by atoms with van der Waals surface area (Å²) in [6.07, 6.45) is 6.92. The molecule has 0 aromatic heterocycles. The minimum atomic E-state index is -0.809. The SMILES string of the molecule is CSc1cccc(SC2CCCC(C)C2)c1C(=O)O. The van der Waals surface area contributed by atoms with Crippen LogP contribution in [-0.4, -0.2) is 22.6 Å². The molecule has 104 valence electrons. The molecule has 0 spiro atoms. The molecule has 1 fully saturated rings. The van der Waals surface area contributed by atoms with Crippen molar-refractivity contribution in [3.8, 4) is 0 Å². The average molecular weight is 296 g/mol. The monoisotopic (exact) mass is 296 g/mol. The lowest BCUT2D eigenvalue weighted by molar-refractivity contribution is 0.0689. The van der Waals surface area contributed by atoms with Crippen molar-refractivity contribution in [2.75, 3.05) is 6.26 Å². The van der Waals surface area contributed by atoms with E-state index in [4.69, 9.17) is 0 Å². The first-order chi connectivity index (χ1) is 9.11. The van der Waals surface area contributed by atoms with Gasteiger partial charge in [0, 0.05) is 15.0 Å². The van der Waals surface area contributed by atoms with Crippen LogP contribution in [0.25, 0.3) is 0 Å². The number of hydrogen-bond acceptors (Lipinski definition) is 3. The maximum atomic E-state index is 11.5. The van der Waals surface area contributed by atoms with Crippen molar-refractivity contribution in [2.24, 2.45) is 5.92 Å².